The molecule has 1 heterocycles. The minimum Gasteiger partial charge on any atom is -0.507 e. The summed E-state index contributed by atoms with van der Waals surface area (Å²) in [7, 11) is -3.57. The Hall–Kier alpha value is -3.09. The van der Waals surface area contributed by atoms with E-state index in [2.05, 4.69) is 5.09 Å². The average Bonchev–Trinajstić information content (AvgIpc) is 3.22. The van der Waals surface area contributed by atoms with Crippen LogP contribution in [0.15, 0.2) is 42.0 Å². The van der Waals surface area contributed by atoms with E-state index in [1.54, 1.807) is 38.1 Å². The van der Waals surface area contributed by atoms with Gasteiger partial charge in [-0.1, -0.05) is 36.8 Å². The average molecular weight is 516 g/mol. The van der Waals surface area contributed by atoms with Crippen molar-refractivity contribution in [2.45, 2.75) is 60.1 Å². The zero-order chi connectivity index (χ0) is 26.5. The number of phenolic OH excluding ortho intramolecular Hbond substituents is 1. The second-order valence-corrected chi connectivity index (χ2v) is 10.9. The monoisotopic (exact) mass is 515 g/mol. The van der Waals surface area contributed by atoms with Gasteiger partial charge in [0.05, 0.1) is 12.8 Å². The quantitative estimate of drug-likeness (QED) is 0.238. The highest BCUT2D eigenvalue weighted by molar-refractivity contribution is 7.57. The fourth-order valence-corrected chi connectivity index (χ4v) is 6.53. The van der Waals surface area contributed by atoms with E-state index in [0.717, 1.165) is 22.3 Å². The van der Waals surface area contributed by atoms with Crippen molar-refractivity contribution in [3.8, 4) is 11.5 Å². The van der Waals surface area contributed by atoms with Gasteiger partial charge in [0.2, 0.25) is 0 Å². The SMILES string of the molecule is CCOC(=O)[C@H](C)NP(=O)(CC(C)=CCc1c(O)c2c(c(C)c1CC)COC2=O)Oc1ccccc1. The predicted octanol–water partition coefficient (Wildman–Crippen LogP) is 5.24. The summed E-state index contributed by atoms with van der Waals surface area (Å²) < 4.78 is 29.9. The molecule has 8 nitrogen and oxygen atoms in total. The molecule has 3 rings (SSSR count). The highest BCUT2D eigenvalue weighted by Crippen LogP contribution is 2.45. The molecule has 2 aromatic rings. The number of fused-ring (bicyclic) bond motifs is 1. The molecule has 1 aliphatic heterocycles. The molecule has 2 aromatic carbocycles. The smallest absolute Gasteiger partial charge is 0.342 e. The summed E-state index contributed by atoms with van der Waals surface area (Å²) >= 11 is 0. The molecule has 2 N–H and O–H groups in total. The fraction of sp³-hybridized carbons (Fsp3) is 0.407. The summed E-state index contributed by atoms with van der Waals surface area (Å²) in [4.78, 5) is 24.4. The van der Waals surface area contributed by atoms with Crippen LogP contribution in [-0.4, -0.2) is 35.9 Å². The van der Waals surface area contributed by atoms with Gasteiger partial charge in [0, 0.05) is 11.1 Å². The van der Waals surface area contributed by atoms with E-state index in [-0.39, 0.29) is 30.7 Å². The first-order valence-electron chi connectivity index (χ1n) is 12.1. The summed E-state index contributed by atoms with van der Waals surface area (Å²) in [5, 5.41) is 13.8. The number of rotatable bonds is 11. The maximum absolute atomic E-state index is 13.9. The highest BCUT2D eigenvalue weighted by atomic mass is 31.2. The number of aromatic hydroxyl groups is 1. The molecule has 2 atom stereocenters. The summed E-state index contributed by atoms with van der Waals surface area (Å²) in [5.74, 6) is -0.685. The van der Waals surface area contributed by atoms with Gasteiger partial charge in [-0.15, -0.1) is 0 Å². The lowest BCUT2D eigenvalue weighted by Crippen LogP contribution is -2.35. The van der Waals surface area contributed by atoms with Crippen LogP contribution in [0.25, 0.3) is 0 Å². The summed E-state index contributed by atoms with van der Waals surface area (Å²) in [5.41, 5.74) is 4.26. The molecule has 1 aliphatic rings. The van der Waals surface area contributed by atoms with Crippen molar-refractivity contribution in [3.63, 3.8) is 0 Å². The number of esters is 2. The molecular formula is C27H34NO7P. The maximum Gasteiger partial charge on any atom is 0.342 e. The molecule has 1 unspecified atom stereocenters. The number of allylic oxidation sites excluding steroid dienone is 2. The first kappa shape index (κ1) is 27.5. The summed E-state index contributed by atoms with van der Waals surface area (Å²) in [6, 6.07) is 7.92. The zero-order valence-electron chi connectivity index (χ0n) is 21.4. The third-order valence-electron chi connectivity index (χ3n) is 6.14. The van der Waals surface area contributed by atoms with E-state index in [0.29, 0.717) is 24.2 Å². The number of benzene rings is 2. The topological polar surface area (TPSA) is 111 Å². The van der Waals surface area contributed by atoms with Gasteiger partial charge in [-0.3, -0.25) is 9.36 Å². The second-order valence-electron chi connectivity index (χ2n) is 8.81. The van der Waals surface area contributed by atoms with Gasteiger partial charge in [-0.25, -0.2) is 9.88 Å². The Morgan fingerprint density at radius 2 is 1.94 bits per heavy atom. The van der Waals surface area contributed by atoms with Gasteiger partial charge in [-0.2, -0.15) is 0 Å². The Bertz CT molecular complexity index is 1210. The Labute approximate surface area is 212 Å². The fourth-order valence-electron chi connectivity index (χ4n) is 4.38. The minimum atomic E-state index is -3.57. The van der Waals surface area contributed by atoms with Crippen molar-refractivity contribution in [3.05, 3.63) is 69.8 Å². The van der Waals surface area contributed by atoms with Crippen LogP contribution < -0.4 is 9.61 Å². The number of carbonyl (C=O) groups is 2. The van der Waals surface area contributed by atoms with Crippen LogP contribution in [0.4, 0.5) is 0 Å². The molecule has 0 saturated carbocycles. The lowest BCUT2D eigenvalue weighted by atomic mass is 9.89. The van der Waals surface area contributed by atoms with Gasteiger partial charge in [-0.05, 0) is 63.8 Å². The Morgan fingerprint density at radius 3 is 2.58 bits per heavy atom. The van der Waals surface area contributed by atoms with Crippen molar-refractivity contribution < 1.29 is 33.3 Å². The van der Waals surface area contributed by atoms with E-state index in [1.165, 1.54) is 0 Å². The van der Waals surface area contributed by atoms with Gasteiger partial charge in [0.1, 0.15) is 29.7 Å². The van der Waals surface area contributed by atoms with Crippen LogP contribution in [0.1, 0.15) is 60.3 Å². The number of hydrogen-bond donors (Lipinski definition) is 2. The normalized spacial score (nSPS) is 15.6. The maximum atomic E-state index is 13.9. The first-order chi connectivity index (χ1) is 17.1. The van der Waals surface area contributed by atoms with Gasteiger partial charge in [0.15, 0.2) is 0 Å². The highest BCUT2D eigenvalue weighted by Gasteiger charge is 2.32. The van der Waals surface area contributed by atoms with Gasteiger partial charge >= 0.3 is 19.5 Å². The van der Waals surface area contributed by atoms with E-state index >= 15 is 0 Å². The molecule has 0 amide bonds. The van der Waals surface area contributed by atoms with Crippen LogP contribution in [-0.2, 0) is 38.3 Å². The molecular weight excluding hydrogens is 481 g/mol. The molecule has 0 radical (unpaired) electrons. The number of hydrogen-bond acceptors (Lipinski definition) is 7. The first-order valence-corrected chi connectivity index (χ1v) is 13.9. The third-order valence-corrected chi connectivity index (χ3v) is 8.34. The van der Waals surface area contributed by atoms with Crippen molar-refractivity contribution >= 4 is 19.5 Å². The molecule has 0 bridgehead atoms. The molecule has 0 aromatic heterocycles. The molecule has 0 fully saturated rings. The number of carbonyl (C=O) groups excluding carboxylic acids is 2. The van der Waals surface area contributed by atoms with Crippen LogP contribution in [0.5, 0.6) is 11.5 Å². The minimum absolute atomic E-state index is 0.0276. The van der Waals surface area contributed by atoms with Crippen LogP contribution in [0.3, 0.4) is 0 Å². The lowest BCUT2D eigenvalue weighted by Gasteiger charge is -2.24. The van der Waals surface area contributed by atoms with Crippen LogP contribution in [0.2, 0.25) is 0 Å². The molecule has 0 aliphatic carbocycles. The van der Waals surface area contributed by atoms with Crippen molar-refractivity contribution in [1.29, 1.82) is 0 Å². The largest absolute Gasteiger partial charge is 0.507 e. The van der Waals surface area contributed by atoms with Crippen molar-refractivity contribution in [2.75, 3.05) is 12.8 Å². The predicted molar refractivity (Wildman–Crippen MR) is 138 cm³/mol. The molecule has 194 valence electrons. The standard InChI is InChI=1S/C27H34NO7P/c1-6-21-18(4)23-15-34-27(31)24(23)25(29)22(21)14-13-17(3)16-36(32,28-19(5)26(30)33-7-2)35-20-11-9-8-10-12-20/h8-13,19,29H,6-7,14-16H2,1-5H3,(H,28,32)/t19-,36?/m0/s1. The Kier molecular flexibility index (Phi) is 8.98. The molecule has 0 saturated heterocycles. The summed E-state index contributed by atoms with van der Waals surface area (Å²) in [6.45, 7) is 9.41. The van der Waals surface area contributed by atoms with E-state index in [4.69, 9.17) is 14.0 Å². The number of nitrogens with one attached hydrogen (secondary N) is 1. The van der Waals surface area contributed by atoms with Crippen LogP contribution >= 0.6 is 7.52 Å². The second kappa shape index (κ2) is 11.8. The number of phenols is 1. The number of para-hydroxylation sites is 1. The van der Waals surface area contributed by atoms with Gasteiger partial charge in [0.25, 0.3) is 0 Å². The zero-order valence-corrected chi connectivity index (χ0v) is 22.3. The van der Waals surface area contributed by atoms with Crippen molar-refractivity contribution in [1.82, 2.24) is 5.09 Å². The molecule has 36 heavy (non-hydrogen) atoms. The van der Waals surface area contributed by atoms with E-state index in [9.17, 15) is 19.3 Å². The number of ether oxygens (including phenoxy) is 2. The molecule has 9 heteroatoms. The summed E-state index contributed by atoms with van der Waals surface area (Å²) in [6.07, 6.45) is 2.90. The van der Waals surface area contributed by atoms with Crippen LogP contribution in [0, 0.1) is 6.92 Å². The third kappa shape index (κ3) is 6.18. The Morgan fingerprint density at radius 1 is 1.25 bits per heavy atom. The Balaban J connectivity index is 1.88. The lowest BCUT2D eigenvalue weighted by molar-refractivity contribution is -0.144. The van der Waals surface area contributed by atoms with E-state index < -0.39 is 25.5 Å². The molecule has 0 spiro atoms. The van der Waals surface area contributed by atoms with Gasteiger partial charge < -0.3 is 19.1 Å². The van der Waals surface area contributed by atoms with Crippen molar-refractivity contribution in [2.24, 2.45) is 0 Å². The van der Waals surface area contributed by atoms with E-state index in [1.807, 2.05) is 32.9 Å². The number of cyclic esters (lactones) is 1.